The number of aromatic hydroxyl groups is 1. The molecule has 1 aromatic heterocycles. The number of ketones is 1. The highest BCUT2D eigenvalue weighted by molar-refractivity contribution is 5.94. The average molecular weight is 383 g/mol. The summed E-state index contributed by atoms with van der Waals surface area (Å²) in [6, 6.07) is 11.7. The van der Waals surface area contributed by atoms with Gasteiger partial charge in [0.15, 0.2) is 5.78 Å². The SMILES string of the molecule is CC(=O)c1ccc(CCCOc2ccc3c(O)c([N+](=O)[O-])c(=O)oc3c2)cc1. The van der Waals surface area contributed by atoms with E-state index >= 15 is 0 Å². The van der Waals surface area contributed by atoms with Crippen molar-refractivity contribution in [2.24, 2.45) is 0 Å². The number of ether oxygens (including phenoxy) is 1. The number of hydrogen-bond donors (Lipinski definition) is 1. The maximum atomic E-state index is 11.7. The molecule has 0 saturated heterocycles. The predicted molar refractivity (Wildman–Crippen MR) is 101 cm³/mol. The molecule has 144 valence electrons. The van der Waals surface area contributed by atoms with Crippen LogP contribution < -0.4 is 10.4 Å². The zero-order chi connectivity index (χ0) is 20.3. The van der Waals surface area contributed by atoms with Crippen LogP contribution in [-0.2, 0) is 6.42 Å². The van der Waals surface area contributed by atoms with Gasteiger partial charge in [0.1, 0.15) is 11.3 Å². The number of carbonyl (C=O) groups excluding carboxylic acids is 1. The fourth-order valence-electron chi connectivity index (χ4n) is 2.78. The fourth-order valence-corrected chi connectivity index (χ4v) is 2.78. The molecule has 2 aromatic carbocycles. The summed E-state index contributed by atoms with van der Waals surface area (Å²) in [6.45, 7) is 1.91. The third-order valence-electron chi connectivity index (χ3n) is 4.25. The van der Waals surface area contributed by atoms with Gasteiger partial charge in [-0.2, -0.15) is 0 Å². The van der Waals surface area contributed by atoms with Crippen molar-refractivity contribution < 1.29 is 24.0 Å². The summed E-state index contributed by atoms with van der Waals surface area (Å²) in [7, 11) is 0. The van der Waals surface area contributed by atoms with E-state index in [4.69, 9.17) is 9.15 Å². The van der Waals surface area contributed by atoms with Crippen LogP contribution in [0.1, 0.15) is 29.3 Å². The van der Waals surface area contributed by atoms with E-state index in [0.29, 0.717) is 24.3 Å². The smallest absolute Gasteiger partial charge is 0.419 e. The van der Waals surface area contributed by atoms with Crippen LogP contribution in [0.15, 0.2) is 51.7 Å². The molecule has 0 saturated carbocycles. The van der Waals surface area contributed by atoms with Crippen LogP contribution in [0.5, 0.6) is 11.5 Å². The van der Waals surface area contributed by atoms with Crippen LogP contribution in [-0.4, -0.2) is 22.4 Å². The molecule has 8 heteroatoms. The van der Waals surface area contributed by atoms with E-state index in [9.17, 15) is 24.8 Å². The van der Waals surface area contributed by atoms with Crippen molar-refractivity contribution in [1.29, 1.82) is 0 Å². The topological polar surface area (TPSA) is 120 Å². The monoisotopic (exact) mass is 383 g/mol. The van der Waals surface area contributed by atoms with E-state index in [2.05, 4.69) is 0 Å². The van der Waals surface area contributed by atoms with Gasteiger partial charge >= 0.3 is 11.3 Å². The van der Waals surface area contributed by atoms with Gasteiger partial charge in [0.25, 0.3) is 0 Å². The number of nitrogens with zero attached hydrogens (tertiary/aromatic N) is 1. The molecule has 1 heterocycles. The molecule has 0 radical (unpaired) electrons. The number of fused-ring (bicyclic) bond motifs is 1. The second-order valence-corrected chi connectivity index (χ2v) is 6.21. The van der Waals surface area contributed by atoms with Gasteiger partial charge in [-0.1, -0.05) is 24.3 Å². The van der Waals surface area contributed by atoms with Crippen molar-refractivity contribution in [2.75, 3.05) is 6.61 Å². The van der Waals surface area contributed by atoms with Crippen molar-refractivity contribution in [3.8, 4) is 11.5 Å². The Kier molecular flexibility index (Phi) is 5.39. The van der Waals surface area contributed by atoms with Crippen LogP contribution in [0.2, 0.25) is 0 Å². The zero-order valence-electron chi connectivity index (χ0n) is 15.0. The number of carbonyl (C=O) groups is 1. The first-order valence-electron chi connectivity index (χ1n) is 8.53. The van der Waals surface area contributed by atoms with E-state index in [1.807, 2.05) is 12.1 Å². The lowest BCUT2D eigenvalue weighted by Gasteiger charge is -2.08. The van der Waals surface area contributed by atoms with Crippen molar-refractivity contribution in [1.82, 2.24) is 0 Å². The minimum absolute atomic E-state index is 0.00502. The maximum Gasteiger partial charge on any atom is 0.419 e. The number of benzene rings is 2. The lowest BCUT2D eigenvalue weighted by molar-refractivity contribution is -0.388. The standard InChI is InChI=1S/C20H17NO7/c1-12(22)14-6-4-13(5-7-14)3-2-10-27-15-8-9-16-17(11-15)28-20(24)18(19(16)23)21(25)26/h4-9,11,23H,2-3,10H2,1H3. The number of nitro groups is 1. The molecule has 0 amide bonds. The number of rotatable bonds is 7. The highest BCUT2D eigenvalue weighted by Gasteiger charge is 2.24. The minimum Gasteiger partial charge on any atom is -0.501 e. The Labute approximate surface area is 159 Å². The molecule has 3 rings (SSSR count). The lowest BCUT2D eigenvalue weighted by Crippen LogP contribution is -2.07. The molecule has 0 aliphatic heterocycles. The summed E-state index contributed by atoms with van der Waals surface area (Å²) < 4.78 is 10.5. The number of aryl methyl sites for hydroxylation is 1. The third-order valence-corrected chi connectivity index (χ3v) is 4.25. The second-order valence-electron chi connectivity index (χ2n) is 6.21. The predicted octanol–water partition coefficient (Wildman–Crippen LogP) is 3.62. The molecule has 0 unspecified atom stereocenters. The van der Waals surface area contributed by atoms with Gasteiger partial charge in [-0.05, 0) is 37.5 Å². The van der Waals surface area contributed by atoms with E-state index in [1.165, 1.54) is 25.1 Å². The minimum atomic E-state index is -1.22. The van der Waals surface area contributed by atoms with Crippen molar-refractivity contribution >= 4 is 22.4 Å². The first kappa shape index (κ1) is 19.1. The first-order valence-corrected chi connectivity index (χ1v) is 8.53. The summed E-state index contributed by atoms with van der Waals surface area (Å²) in [5.74, 6) is -0.290. The molecule has 0 fully saturated rings. The van der Waals surface area contributed by atoms with Crippen LogP contribution in [0, 0.1) is 10.1 Å². The second kappa shape index (κ2) is 7.91. The Morgan fingerprint density at radius 2 is 1.93 bits per heavy atom. The molecule has 3 aromatic rings. The first-order chi connectivity index (χ1) is 13.4. The van der Waals surface area contributed by atoms with Crippen LogP contribution >= 0.6 is 0 Å². The maximum absolute atomic E-state index is 11.7. The average Bonchev–Trinajstić information content (AvgIpc) is 2.65. The van der Waals surface area contributed by atoms with Gasteiger partial charge in [-0.25, -0.2) is 4.79 Å². The largest absolute Gasteiger partial charge is 0.501 e. The summed E-state index contributed by atoms with van der Waals surface area (Å²) in [6.07, 6.45) is 1.47. The van der Waals surface area contributed by atoms with Gasteiger partial charge in [-0.3, -0.25) is 14.9 Å². The van der Waals surface area contributed by atoms with E-state index in [0.717, 1.165) is 12.0 Å². The summed E-state index contributed by atoms with van der Waals surface area (Å²) in [4.78, 5) is 32.8. The molecule has 1 N–H and O–H groups in total. The van der Waals surface area contributed by atoms with Gasteiger partial charge < -0.3 is 14.3 Å². The van der Waals surface area contributed by atoms with Gasteiger partial charge in [0.2, 0.25) is 5.75 Å². The van der Waals surface area contributed by atoms with Crippen LogP contribution in [0.3, 0.4) is 0 Å². The van der Waals surface area contributed by atoms with Crippen molar-refractivity contribution in [3.05, 3.63) is 74.1 Å². The molecule has 0 aliphatic carbocycles. The quantitative estimate of drug-likeness (QED) is 0.217. The van der Waals surface area contributed by atoms with Gasteiger partial charge in [0.05, 0.1) is 16.9 Å². The molecule has 28 heavy (non-hydrogen) atoms. The Morgan fingerprint density at radius 3 is 2.57 bits per heavy atom. The number of Topliss-reactive ketones (excluding diaryl/α,β-unsaturated/α-hetero) is 1. The lowest BCUT2D eigenvalue weighted by atomic mass is 10.1. The molecule has 8 nitrogen and oxygen atoms in total. The highest BCUT2D eigenvalue weighted by atomic mass is 16.6. The summed E-state index contributed by atoms with van der Waals surface area (Å²) in [5.41, 5.74) is -0.458. The molecule has 0 atom stereocenters. The molecule has 0 spiro atoms. The normalized spacial score (nSPS) is 10.8. The van der Waals surface area contributed by atoms with Crippen molar-refractivity contribution in [3.63, 3.8) is 0 Å². The van der Waals surface area contributed by atoms with E-state index < -0.39 is 22.0 Å². The third kappa shape index (κ3) is 4.01. The Morgan fingerprint density at radius 1 is 1.21 bits per heavy atom. The fraction of sp³-hybridized carbons (Fsp3) is 0.200. The molecular weight excluding hydrogens is 366 g/mol. The van der Waals surface area contributed by atoms with Crippen LogP contribution in [0.4, 0.5) is 5.69 Å². The van der Waals surface area contributed by atoms with Crippen LogP contribution in [0.25, 0.3) is 11.0 Å². The summed E-state index contributed by atoms with van der Waals surface area (Å²) >= 11 is 0. The Bertz CT molecular complexity index is 1100. The molecule has 0 bridgehead atoms. The summed E-state index contributed by atoms with van der Waals surface area (Å²) in [5, 5.41) is 20.8. The zero-order valence-corrected chi connectivity index (χ0v) is 15.0. The van der Waals surface area contributed by atoms with E-state index in [-0.39, 0.29) is 16.8 Å². The molecule has 0 aliphatic rings. The number of hydrogen-bond acceptors (Lipinski definition) is 7. The molecular formula is C20H17NO7. The Balaban J connectivity index is 1.65. The van der Waals surface area contributed by atoms with E-state index in [1.54, 1.807) is 12.1 Å². The highest BCUT2D eigenvalue weighted by Crippen LogP contribution is 2.32. The van der Waals surface area contributed by atoms with Gasteiger partial charge in [0, 0.05) is 11.6 Å². The van der Waals surface area contributed by atoms with Gasteiger partial charge in [-0.15, -0.1) is 0 Å². The Hall–Kier alpha value is -3.68. The van der Waals surface area contributed by atoms with Crippen molar-refractivity contribution in [2.45, 2.75) is 19.8 Å².